The highest BCUT2D eigenvalue weighted by atomic mass is 31.2. The van der Waals surface area contributed by atoms with Crippen molar-refractivity contribution in [2.45, 2.75) is 116 Å². The van der Waals surface area contributed by atoms with Gasteiger partial charge in [0.2, 0.25) is 0 Å². The van der Waals surface area contributed by atoms with Crippen molar-refractivity contribution in [1.29, 1.82) is 0 Å². The van der Waals surface area contributed by atoms with E-state index in [9.17, 15) is 9.46 Å². The van der Waals surface area contributed by atoms with Crippen LogP contribution in [0.2, 0.25) is 0 Å². The van der Waals surface area contributed by atoms with E-state index in [4.69, 9.17) is 24.5 Å². The van der Waals surface area contributed by atoms with E-state index in [-0.39, 0.29) is 19.0 Å². The number of aromatic nitrogens is 4. The van der Waals surface area contributed by atoms with Crippen molar-refractivity contribution in [3.8, 4) is 0 Å². The molecular weight excluding hydrogens is 545 g/mol. The maximum absolute atomic E-state index is 12.4. The minimum absolute atomic E-state index is 0.132. The summed E-state index contributed by atoms with van der Waals surface area (Å²) in [5, 5.41) is 0. The zero-order valence-corrected chi connectivity index (χ0v) is 26.3. The molecule has 1 unspecified atom stereocenters. The molecule has 2 rings (SSSR count). The van der Waals surface area contributed by atoms with E-state index in [1.165, 1.54) is 96.9 Å². The molecule has 0 bridgehead atoms. The maximum atomic E-state index is 12.4. The molecule has 0 fully saturated rings. The highest BCUT2D eigenvalue weighted by Gasteiger charge is 2.23. The fourth-order valence-corrected chi connectivity index (χ4v) is 5.59. The second kappa shape index (κ2) is 22.0. The van der Waals surface area contributed by atoms with Crippen LogP contribution in [0, 0.1) is 0 Å². The summed E-state index contributed by atoms with van der Waals surface area (Å²) in [6.07, 6.45) is 21.2. The number of imidazole rings is 1. The largest absolute Gasteiger partial charge is 0.382 e. The summed E-state index contributed by atoms with van der Waals surface area (Å²) < 4.78 is 35.9. The summed E-state index contributed by atoms with van der Waals surface area (Å²) in [7, 11) is -2.37. The van der Waals surface area contributed by atoms with Crippen LogP contribution in [-0.2, 0) is 29.8 Å². The van der Waals surface area contributed by atoms with Gasteiger partial charge >= 0.3 is 7.60 Å². The Bertz CT molecular complexity index is 978. The van der Waals surface area contributed by atoms with Gasteiger partial charge in [0.25, 0.3) is 0 Å². The first-order valence-electron chi connectivity index (χ1n) is 15.5. The number of ether oxygens (including phenoxy) is 3. The molecule has 0 saturated carbocycles. The number of unbranched alkanes of at least 4 members (excludes halogenated alkanes) is 13. The standard InChI is InChI=1S/C29H54N5O6P/c1-3-4-5-6-7-8-9-10-11-12-13-14-15-16-18-38-19-17-20-40-41(35,36)25-39-26(22-37-2)21-34-24-33-27-28(30)31-23-32-29(27)34/h23-24,26H,3-22,25H2,1-2H3,(H,35,36)(H2,30,31,32)/t26-/m1/s1. The zero-order valence-electron chi connectivity index (χ0n) is 25.4. The highest BCUT2D eigenvalue weighted by molar-refractivity contribution is 7.52. The molecule has 0 aromatic carbocycles. The molecule has 0 aliphatic carbocycles. The van der Waals surface area contributed by atoms with Gasteiger partial charge in [-0.05, 0) is 12.8 Å². The number of methoxy groups -OCH3 is 1. The summed E-state index contributed by atoms with van der Waals surface area (Å²) in [6, 6.07) is 0. The molecule has 0 spiro atoms. The number of rotatable bonds is 27. The molecule has 0 radical (unpaired) electrons. The molecule has 236 valence electrons. The van der Waals surface area contributed by atoms with E-state index in [1.54, 1.807) is 10.9 Å². The summed E-state index contributed by atoms with van der Waals surface area (Å²) in [5.41, 5.74) is 6.89. The van der Waals surface area contributed by atoms with E-state index in [2.05, 4.69) is 21.9 Å². The zero-order chi connectivity index (χ0) is 29.6. The predicted octanol–water partition coefficient (Wildman–Crippen LogP) is 6.49. The molecule has 0 aliphatic heterocycles. The quantitative estimate of drug-likeness (QED) is 0.0864. The van der Waals surface area contributed by atoms with E-state index in [0.29, 0.717) is 30.7 Å². The molecule has 3 N–H and O–H groups in total. The first-order valence-corrected chi connectivity index (χ1v) is 17.3. The minimum atomic E-state index is -3.91. The SMILES string of the molecule is CCCCCCCCCCCCCCCCOCCCOP(=O)(O)CO[C@@H](COC)Cn1cnc2c(N)ncnc21. The van der Waals surface area contributed by atoms with E-state index < -0.39 is 20.0 Å². The Morgan fingerprint density at radius 3 is 2.12 bits per heavy atom. The van der Waals surface area contributed by atoms with Crippen LogP contribution >= 0.6 is 7.60 Å². The average Bonchev–Trinajstić information content (AvgIpc) is 3.37. The fourth-order valence-electron chi connectivity index (χ4n) is 4.70. The Morgan fingerprint density at radius 1 is 0.878 bits per heavy atom. The molecule has 2 heterocycles. The van der Waals surface area contributed by atoms with Crippen LogP contribution in [0.5, 0.6) is 0 Å². The summed E-state index contributed by atoms with van der Waals surface area (Å²) in [5.74, 6) is 0.287. The van der Waals surface area contributed by atoms with Crippen molar-refractivity contribution >= 4 is 24.6 Å². The lowest BCUT2D eigenvalue weighted by Crippen LogP contribution is -2.26. The van der Waals surface area contributed by atoms with Crippen LogP contribution in [-0.4, -0.2) is 70.4 Å². The summed E-state index contributed by atoms with van der Waals surface area (Å²) >= 11 is 0. The maximum Gasteiger partial charge on any atom is 0.353 e. The average molecular weight is 600 g/mol. The second-order valence-corrected chi connectivity index (χ2v) is 12.5. The van der Waals surface area contributed by atoms with Gasteiger partial charge in [0.1, 0.15) is 18.2 Å². The van der Waals surface area contributed by atoms with Crippen LogP contribution in [0.4, 0.5) is 5.82 Å². The van der Waals surface area contributed by atoms with Gasteiger partial charge in [-0.1, -0.05) is 90.4 Å². The third-order valence-electron chi connectivity index (χ3n) is 7.02. The van der Waals surface area contributed by atoms with E-state index >= 15 is 0 Å². The number of nitrogens with two attached hydrogens (primary N) is 1. The molecule has 2 aromatic rings. The smallest absolute Gasteiger partial charge is 0.353 e. The monoisotopic (exact) mass is 599 g/mol. The Labute approximate surface area is 246 Å². The summed E-state index contributed by atoms with van der Waals surface area (Å²) in [6.45, 7) is 4.15. The Morgan fingerprint density at radius 2 is 1.49 bits per heavy atom. The number of hydrogen-bond acceptors (Lipinski definition) is 9. The van der Waals surface area contributed by atoms with Gasteiger partial charge in [-0.2, -0.15) is 0 Å². The van der Waals surface area contributed by atoms with Crippen molar-refractivity contribution in [1.82, 2.24) is 19.5 Å². The molecule has 11 nitrogen and oxygen atoms in total. The first kappa shape index (κ1) is 35.6. The predicted molar refractivity (Wildman–Crippen MR) is 163 cm³/mol. The van der Waals surface area contributed by atoms with Crippen molar-refractivity contribution in [2.75, 3.05) is 45.6 Å². The number of nitrogens with zero attached hydrogens (tertiary/aromatic N) is 4. The van der Waals surface area contributed by atoms with Crippen LogP contribution in [0.3, 0.4) is 0 Å². The van der Waals surface area contributed by atoms with Crippen LogP contribution in [0.1, 0.15) is 103 Å². The van der Waals surface area contributed by atoms with Gasteiger partial charge in [-0.3, -0.25) is 4.57 Å². The molecule has 0 saturated heterocycles. The van der Waals surface area contributed by atoms with Crippen molar-refractivity contribution in [2.24, 2.45) is 0 Å². The lowest BCUT2D eigenvalue weighted by Gasteiger charge is -2.20. The molecule has 2 atom stereocenters. The normalized spacial score (nSPS) is 14.0. The van der Waals surface area contributed by atoms with Gasteiger partial charge in [0.15, 0.2) is 11.5 Å². The highest BCUT2D eigenvalue weighted by Crippen LogP contribution is 2.42. The molecule has 0 amide bonds. The minimum Gasteiger partial charge on any atom is -0.382 e. The Balaban J connectivity index is 1.45. The van der Waals surface area contributed by atoms with Crippen LogP contribution in [0.15, 0.2) is 12.7 Å². The molecule has 0 aliphatic rings. The first-order chi connectivity index (χ1) is 20.0. The van der Waals surface area contributed by atoms with Gasteiger partial charge in [0.05, 0.1) is 32.2 Å². The Hall–Kier alpha value is -1.62. The van der Waals surface area contributed by atoms with Crippen LogP contribution in [0.25, 0.3) is 11.2 Å². The lowest BCUT2D eigenvalue weighted by atomic mass is 10.0. The van der Waals surface area contributed by atoms with Gasteiger partial charge in [0, 0.05) is 20.3 Å². The number of fused-ring (bicyclic) bond motifs is 1. The Kier molecular flexibility index (Phi) is 19.1. The topological polar surface area (TPSA) is 144 Å². The van der Waals surface area contributed by atoms with Crippen LogP contribution < -0.4 is 5.73 Å². The van der Waals surface area contributed by atoms with Crippen molar-refractivity contribution in [3.63, 3.8) is 0 Å². The van der Waals surface area contributed by atoms with Crippen molar-refractivity contribution < 1.29 is 28.2 Å². The van der Waals surface area contributed by atoms with Crippen molar-refractivity contribution in [3.05, 3.63) is 12.7 Å². The van der Waals surface area contributed by atoms with Gasteiger partial charge < -0.3 is 33.9 Å². The number of hydrogen-bond donors (Lipinski definition) is 2. The summed E-state index contributed by atoms with van der Waals surface area (Å²) in [4.78, 5) is 22.5. The number of nitrogen functional groups attached to an aromatic ring is 1. The van der Waals surface area contributed by atoms with Gasteiger partial charge in [-0.15, -0.1) is 0 Å². The van der Waals surface area contributed by atoms with Gasteiger partial charge in [-0.25, -0.2) is 15.0 Å². The molecule has 12 heteroatoms. The third-order valence-corrected chi connectivity index (χ3v) is 8.09. The molecule has 2 aromatic heterocycles. The second-order valence-electron chi connectivity index (χ2n) is 10.7. The molecule has 41 heavy (non-hydrogen) atoms. The van der Waals surface area contributed by atoms with E-state index in [0.717, 1.165) is 13.0 Å². The number of anilines is 1. The fraction of sp³-hybridized carbons (Fsp3) is 0.828. The lowest BCUT2D eigenvalue weighted by molar-refractivity contribution is 0.00219. The molecular formula is C29H54N5O6P. The van der Waals surface area contributed by atoms with E-state index in [1.807, 2.05) is 0 Å². The third kappa shape index (κ3) is 16.0.